The Morgan fingerprint density at radius 2 is 1.66 bits per heavy atom. The van der Waals surface area contributed by atoms with E-state index in [1.54, 1.807) is 48.5 Å². The van der Waals surface area contributed by atoms with E-state index in [4.69, 9.17) is 27.9 Å². The Kier molecular flexibility index (Phi) is 7.03. The lowest BCUT2D eigenvalue weighted by Gasteiger charge is -2.32. The summed E-state index contributed by atoms with van der Waals surface area (Å²) in [7, 11) is -4.28. The fraction of sp³-hybridized carbons (Fsp3) is 0.120. The van der Waals surface area contributed by atoms with Gasteiger partial charge in [-0.3, -0.25) is 19.9 Å². The van der Waals surface area contributed by atoms with Crippen LogP contribution in [0.5, 0.6) is 11.5 Å². The normalized spacial score (nSPS) is 15.6. The van der Waals surface area contributed by atoms with Crippen LogP contribution in [-0.2, 0) is 21.2 Å². The van der Waals surface area contributed by atoms with Gasteiger partial charge in [0.2, 0.25) is 10.0 Å². The molecule has 0 radical (unpaired) electrons. The first-order chi connectivity index (χ1) is 18.2. The molecular weight excluding hydrogens is 555 g/mol. The van der Waals surface area contributed by atoms with Crippen molar-refractivity contribution in [2.75, 3.05) is 6.54 Å². The number of fused-ring (bicyclic) bond motifs is 1. The van der Waals surface area contributed by atoms with Gasteiger partial charge >= 0.3 is 0 Å². The zero-order valence-electron chi connectivity index (χ0n) is 19.5. The van der Waals surface area contributed by atoms with E-state index in [1.807, 2.05) is 0 Å². The van der Waals surface area contributed by atoms with Gasteiger partial charge in [-0.1, -0.05) is 41.4 Å². The third-order valence-corrected chi connectivity index (χ3v) is 8.34. The predicted molar refractivity (Wildman–Crippen MR) is 140 cm³/mol. The number of sulfonamides is 1. The number of H-pyrrole nitrogens is 1. The molecule has 2 heterocycles. The molecule has 5 rings (SSSR count). The van der Waals surface area contributed by atoms with Crippen LogP contribution in [0.3, 0.4) is 0 Å². The van der Waals surface area contributed by atoms with Crippen LogP contribution in [0.2, 0.25) is 10.0 Å². The average Bonchev–Trinajstić information content (AvgIpc) is 3.24. The van der Waals surface area contributed by atoms with Crippen molar-refractivity contribution < 1.29 is 23.2 Å². The second kappa shape index (κ2) is 10.3. The SMILES string of the molecule is O=C(NO)C1c2c([nH]n(-c3ccccc3)c2=O)CCN1S(=O)(=O)c1ccc(Oc2cc(Cl)cc(Cl)c2)cc1. The van der Waals surface area contributed by atoms with Gasteiger partial charge in [-0.15, -0.1) is 0 Å². The predicted octanol–water partition coefficient (Wildman–Crippen LogP) is 4.06. The monoisotopic (exact) mass is 574 g/mol. The number of carbonyl (C=O) groups is 1. The van der Waals surface area contributed by atoms with Gasteiger partial charge in [-0.2, -0.15) is 4.31 Å². The molecule has 1 atom stereocenters. The van der Waals surface area contributed by atoms with Crippen molar-refractivity contribution in [3.63, 3.8) is 0 Å². The van der Waals surface area contributed by atoms with Crippen LogP contribution in [0.25, 0.3) is 5.69 Å². The Morgan fingerprint density at radius 1 is 1.00 bits per heavy atom. The molecule has 0 spiro atoms. The fourth-order valence-corrected chi connectivity index (χ4v) is 6.41. The lowest BCUT2D eigenvalue weighted by molar-refractivity contribution is -0.133. The summed E-state index contributed by atoms with van der Waals surface area (Å²) >= 11 is 12.0. The third kappa shape index (κ3) is 4.82. The highest BCUT2D eigenvalue weighted by atomic mass is 35.5. The summed E-state index contributed by atoms with van der Waals surface area (Å²) in [6, 6.07) is 17.2. The number of hydrogen-bond donors (Lipinski definition) is 3. The number of amides is 1. The molecule has 10 nitrogen and oxygen atoms in total. The number of rotatable bonds is 6. The summed E-state index contributed by atoms with van der Waals surface area (Å²) < 4.78 is 35.1. The molecule has 1 aliphatic rings. The summed E-state index contributed by atoms with van der Waals surface area (Å²) in [5, 5.41) is 13.1. The maximum Gasteiger partial charge on any atom is 0.276 e. The van der Waals surface area contributed by atoms with E-state index in [1.165, 1.54) is 34.4 Å². The second-order valence-corrected chi connectivity index (χ2v) is 11.2. The Labute approximate surface area is 227 Å². The van der Waals surface area contributed by atoms with Crippen molar-refractivity contribution in [1.29, 1.82) is 0 Å². The van der Waals surface area contributed by atoms with E-state index < -0.39 is 27.5 Å². The van der Waals surface area contributed by atoms with Crippen LogP contribution in [0, 0.1) is 0 Å². The Bertz CT molecular complexity index is 1650. The molecule has 1 aromatic heterocycles. The van der Waals surface area contributed by atoms with Crippen LogP contribution >= 0.6 is 23.2 Å². The Hall–Kier alpha value is -3.61. The van der Waals surface area contributed by atoms with Crippen molar-refractivity contribution >= 4 is 39.1 Å². The van der Waals surface area contributed by atoms with Crippen molar-refractivity contribution in [3.05, 3.63) is 104 Å². The number of hydrogen-bond acceptors (Lipinski definition) is 6. The van der Waals surface area contributed by atoms with Gasteiger partial charge in [0.1, 0.15) is 17.5 Å². The zero-order valence-corrected chi connectivity index (χ0v) is 21.8. The van der Waals surface area contributed by atoms with Gasteiger partial charge < -0.3 is 4.74 Å². The maximum absolute atomic E-state index is 13.6. The Morgan fingerprint density at radius 3 is 2.29 bits per heavy atom. The van der Waals surface area contributed by atoms with Crippen molar-refractivity contribution in [3.8, 4) is 17.2 Å². The van der Waals surface area contributed by atoms with Crippen LogP contribution in [-0.4, -0.2) is 40.2 Å². The van der Waals surface area contributed by atoms with E-state index in [0.717, 1.165) is 4.31 Å². The summed E-state index contributed by atoms with van der Waals surface area (Å²) in [5.41, 5.74) is 1.77. The van der Waals surface area contributed by atoms with Crippen LogP contribution in [0.4, 0.5) is 0 Å². The molecule has 3 N–H and O–H groups in total. The van der Waals surface area contributed by atoms with E-state index >= 15 is 0 Å². The van der Waals surface area contributed by atoms with Gasteiger partial charge in [0.25, 0.3) is 11.5 Å². The molecule has 196 valence electrons. The largest absolute Gasteiger partial charge is 0.457 e. The van der Waals surface area contributed by atoms with Crippen molar-refractivity contribution in [2.45, 2.75) is 17.4 Å². The molecular formula is C25H20Cl2N4O6S. The number of nitrogens with zero attached hydrogens (tertiary/aromatic N) is 2. The molecule has 38 heavy (non-hydrogen) atoms. The van der Waals surface area contributed by atoms with Gasteiger partial charge in [-0.25, -0.2) is 18.6 Å². The van der Waals surface area contributed by atoms with Gasteiger partial charge in [0, 0.05) is 28.7 Å². The number of carbonyl (C=O) groups excluding carboxylic acids is 1. The molecule has 0 saturated carbocycles. The highest BCUT2D eigenvalue weighted by molar-refractivity contribution is 7.89. The number of nitrogens with one attached hydrogen (secondary N) is 2. The van der Waals surface area contributed by atoms with Gasteiger partial charge in [-0.05, 0) is 54.6 Å². The molecule has 4 aromatic rings. The van der Waals surface area contributed by atoms with E-state index in [-0.39, 0.29) is 23.4 Å². The topological polar surface area (TPSA) is 134 Å². The molecule has 1 aliphatic heterocycles. The van der Waals surface area contributed by atoms with Crippen molar-refractivity contribution in [1.82, 2.24) is 19.6 Å². The molecule has 0 fully saturated rings. The highest BCUT2D eigenvalue weighted by Crippen LogP contribution is 2.34. The molecule has 1 unspecified atom stereocenters. The van der Waals surface area contributed by atoms with E-state index in [2.05, 4.69) is 5.10 Å². The van der Waals surface area contributed by atoms with Crippen LogP contribution in [0.1, 0.15) is 17.3 Å². The molecule has 0 aliphatic carbocycles. The number of benzene rings is 3. The number of halogens is 2. The number of hydroxylamine groups is 1. The van der Waals surface area contributed by atoms with E-state index in [9.17, 15) is 23.2 Å². The van der Waals surface area contributed by atoms with Crippen LogP contribution in [0.15, 0.2) is 82.5 Å². The standard InChI is InChI=1S/C25H20Cl2N4O6S/c26-15-12-16(27)14-19(13-15)37-18-6-8-20(9-7-18)38(35,36)30-11-10-21-22(23(30)24(32)29-34)25(33)31(28-21)17-4-2-1-3-5-17/h1-9,12-14,23,28,34H,10-11H2,(H,29,32). The number of aromatic amines is 1. The molecule has 13 heteroatoms. The maximum atomic E-state index is 13.6. The lowest BCUT2D eigenvalue weighted by atomic mass is 10.0. The third-order valence-electron chi connectivity index (χ3n) is 6.02. The molecule has 0 bridgehead atoms. The Balaban J connectivity index is 1.49. The van der Waals surface area contributed by atoms with Gasteiger partial charge in [0.15, 0.2) is 0 Å². The molecule has 1 amide bonds. The zero-order chi connectivity index (χ0) is 27.0. The smallest absolute Gasteiger partial charge is 0.276 e. The lowest BCUT2D eigenvalue weighted by Crippen LogP contribution is -2.48. The first-order valence-electron chi connectivity index (χ1n) is 11.3. The van der Waals surface area contributed by atoms with E-state index in [0.29, 0.717) is 32.9 Å². The number of ether oxygens (including phenoxy) is 1. The summed E-state index contributed by atoms with van der Waals surface area (Å²) in [6.45, 7) is -0.110. The van der Waals surface area contributed by atoms with Crippen LogP contribution < -0.4 is 15.8 Å². The second-order valence-electron chi connectivity index (χ2n) is 8.40. The minimum Gasteiger partial charge on any atom is -0.457 e. The van der Waals surface area contributed by atoms with Gasteiger partial charge in [0.05, 0.1) is 16.1 Å². The summed E-state index contributed by atoms with van der Waals surface area (Å²) in [4.78, 5) is 26.0. The minimum atomic E-state index is -4.28. The number of para-hydroxylation sites is 1. The highest BCUT2D eigenvalue weighted by Gasteiger charge is 2.43. The first kappa shape index (κ1) is 26.0. The fourth-order valence-electron chi connectivity index (χ4n) is 4.34. The average molecular weight is 575 g/mol. The molecule has 0 saturated heterocycles. The van der Waals surface area contributed by atoms with Crippen molar-refractivity contribution in [2.24, 2.45) is 0 Å². The molecule has 3 aromatic carbocycles. The quantitative estimate of drug-likeness (QED) is 0.235. The summed E-state index contributed by atoms with van der Waals surface area (Å²) in [5.74, 6) is -0.364. The summed E-state index contributed by atoms with van der Waals surface area (Å²) in [6.07, 6.45) is 0.148. The number of aromatic nitrogens is 2. The minimum absolute atomic E-state index is 0.0620. The first-order valence-corrected chi connectivity index (χ1v) is 13.5.